The molecular formula is C19H15N5O2S2. The molecule has 0 aliphatic carbocycles. The maximum absolute atomic E-state index is 12.1. The van der Waals surface area contributed by atoms with Crippen LogP contribution in [0.15, 0.2) is 69.9 Å². The van der Waals surface area contributed by atoms with Gasteiger partial charge < -0.3 is 4.42 Å². The molecule has 0 bridgehead atoms. The van der Waals surface area contributed by atoms with Crippen LogP contribution in [0.2, 0.25) is 0 Å². The number of para-hydroxylation sites is 1. The van der Waals surface area contributed by atoms with Crippen molar-refractivity contribution in [1.29, 1.82) is 0 Å². The standard InChI is InChI=1S/C19H15N5O2S2/c1-13(25)24(16-5-3-2-4-6-16)18-21-15(11-27-18)12-28-19-23-22-17(26-19)14-7-9-20-10-8-14/h2-11H,12H2,1H3. The summed E-state index contributed by atoms with van der Waals surface area (Å²) in [6.45, 7) is 1.53. The number of anilines is 2. The molecule has 0 atom stereocenters. The summed E-state index contributed by atoms with van der Waals surface area (Å²) in [6.07, 6.45) is 3.35. The van der Waals surface area contributed by atoms with Crippen molar-refractivity contribution in [2.24, 2.45) is 0 Å². The predicted molar refractivity (Wildman–Crippen MR) is 108 cm³/mol. The topological polar surface area (TPSA) is 85.0 Å². The van der Waals surface area contributed by atoms with E-state index in [4.69, 9.17) is 4.42 Å². The number of thioether (sulfide) groups is 1. The Kier molecular flexibility index (Phi) is 5.45. The van der Waals surface area contributed by atoms with Gasteiger partial charge in [0, 0.05) is 36.0 Å². The number of amides is 1. The lowest BCUT2D eigenvalue weighted by molar-refractivity contribution is -0.115. The highest BCUT2D eigenvalue weighted by molar-refractivity contribution is 7.98. The zero-order chi connectivity index (χ0) is 19.3. The van der Waals surface area contributed by atoms with E-state index >= 15 is 0 Å². The zero-order valence-electron chi connectivity index (χ0n) is 14.8. The second-order valence-electron chi connectivity index (χ2n) is 5.71. The first kappa shape index (κ1) is 18.3. The highest BCUT2D eigenvalue weighted by Crippen LogP contribution is 2.31. The fraction of sp³-hybridized carbons (Fsp3) is 0.105. The molecule has 0 spiro atoms. The van der Waals surface area contributed by atoms with Crippen LogP contribution in [-0.4, -0.2) is 26.1 Å². The van der Waals surface area contributed by atoms with Crippen LogP contribution in [0.5, 0.6) is 0 Å². The monoisotopic (exact) mass is 409 g/mol. The summed E-state index contributed by atoms with van der Waals surface area (Å²) < 4.78 is 5.68. The Hall–Kier alpha value is -3.04. The largest absolute Gasteiger partial charge is 0.411 e. The highest BCUT2D eigenvalue weighted by Gasteiger charge is 2.18. The van der Waals surface area contributed by atoms with Crippen LogP contribution >= 0.6 is 23.1 Å². The summed E-state index contributed by atoms with van der Waals surface area (Å²) in [5, 5.41) is 11.2. The number of benzene rings is 1. The molecular weight excluding hydrogens is 394 g/mol. The second kappa shape index (κ2) is 8.32. The van der Waals surface area contributed by atoms with Crippen LogP contribution in [0.4, 0.5) is 10.8 Å². The van der Waals surface area contributed by atoms with Gasteiger partial charge in [0.1, 0.15) is 0 Å². The summed E-state index contributed by atoms with van der Waals surface area (Å²) >= 11 is 2.83. The van der Waals surface area contributed by atoms with E-state index in [-0.39, 0.29) is 5.91 Å². The molecule has 9 heteroatoms. The highest BCUT2D eigenvalue weighted by atomic mass is 32.2. The molecule has 0 fully saturated rings. The lowest BCUT2D eigenvalue weighted by atomic mass is 10.3. The SMILES string of the molecule is CC(=O)N(c1ccccc1)c1nc(CSc2nnc(-c3ccncc3)o2)cs1. The maximum Gasteiger partial charge on any atom is 0.277 e. The van der Waals surface area contributed by atoms with Crippen molar-refractivity contribution in [1.82, 2.24) is 20.2 Å². The molecule has 3 aromatic heterocycles. The maximum atomic E-state index is 12.1. The average molecular weight is 409 g/mol. The first-order chi connectivity index (χ1) is 13.7. The van der Waals surface area contributed by atoms with Crippen LogP contribution in [0.25, 0.3) is 11.5 Å². The van der Waals surface area contributed by atoms with Gasteiger partial charge in [-0.05, 0) is 24.3 Å². The van der Waals surface area contributed by atoms with Crippen molar-refractivity contribution < 1.29 is 9.21 Å². The number of nitrogens with zero attached hydrogens (tertiary/aromatic N) is 5. The van der Waals surface area contributed by atoms with Gasteiger partial charge in [0.15, 0.2) is 5.13 Å². The van der Waals surface area contributed by atoms with Crippen LogP contribution < -0.4 is 4.90 Å². The summed E-state index contributed by atoms with van der Waals surface area (Å²) in [6, 6.07) is 13.1. The molecule has 4 rings (SSSR count). The van der Waals surface area contributed by atoms with Gasteiger partial charge in [-0.1, -0.05) is 30.0 Å². The van der Waals surface area contributed by atoms with Gasteiger partial charge in [-0.15, -0.1) is 21.5 Å². The van der Waals surface area contributed by atoms with Gasteiger partial charge in [0.25, 0.3) is 5.22 Å². The predicted octanol–water partition coefficient (Wildman–Crippen LogP) is 4.57. The van der Waals surface area contributed by atoms with Crippen LogP contribution in [0.1, 0.15) is 12.6 Å². The first-order valence-corrected chi connectivity index (χ1v) is 10.2. The molecule has 140 valence electrons. The minimum absolute atomic E-state index is 0.0846. The number of hydrogen-bond donors (Lipinski definition) is 0. The molecule has 28 heavy (non-hydrogen) atoms. The van der Waals surface area contributed by atoms with Crippen molar-refractivity contribution in [2.45, 2.75) is 17.9 Å². The van der Waals surface area contributed by atoms with E-state index in [1.54, 1.807) is 17.3 Å². The van der Waals surface area contributed by atoms with E-state index < -0.39 is 0 Å². The van der Waals surface area contributed by atoms with Crippen molar-refractivity contribution in [3.8, 4) is 11.5 Å². The minimum atomic E-state index is -0.0846. The van der Waals surface area contributed by atoms with Crippen LogP contribution in [0.3, 0.4) is 0 Å². The van der Waals surface area contributed by atoms with E-state index in [1.807, 2.05) is 47.8 Å². The van der Waals surface area contributed by atoms with Crippen LogP contribution in [0, 0.1) is 0 Å². The molecule has 0 unspecified atom stereocenters. The third-order valence-electron chi connectivity index (χ3n) is 3.74. The quantitative estimate of drug-likeness (QED) is 0.431. The summed E-state index contributed by atoms with van der Waals surface area (Å²) in [4.78, 5) is 22.3. The minimum Gasteiger partial charge on any atom is -0.411 e. The lowest BCUT2D eigenvalue weighted by Gasteiger charge is -2.17. The van der Waals surface area contributed by atoms with Crippen LogP contribution in [-0.2, 0) is 10.5 Å². The van der Waals surface area contributed by atoms with Gasteiger partial charge in [0.05, 0.1) is 11.4 Å². The number of aromatic nitrogens is 4. The van der Waals surface area contributed by atoms with Crippen molar-refractivity contribution in [2.75, 3.05) is 4.90 Å². The molecule has 0 saturated heterocycles. The Bertz CT molecular complexity index is 1070. The van der Waals surface area contributed by atoms with Gasteiger partial charge in [-0.25, -0.2) is 4.98 Å². The van der Waals surface area contributed by atoms with E-state index in [0.717, 1.165) is 16.9 Å². The van der Waals surface area contributed by atoms with Crippen molar-refractivity contribution in [3.63, 3.8) is 0 Å². The third kappa shape index (κ3) is 4.10. The smallest absolute Gasteiger partial charge is 0.277 e. The average Bonchev–Trinajstić information content (AvgIpc) is 3.38. The molecule has 1 aromatic carbocycles. The van der Waals surface area contributed by atoms with Gasteiger partial charge >= 0.3 is 0 Å². The molecule has 0 aliphatic heterocycles. The molecule has 3 heterocycles. The zero-order valence-corrected chi connectivity index (χ0v) is 16.5. The number of thiazole rings is 1. The Morgan fingerprint density at radius 2 is 1.93 bits per heavy atom. The van der Waals surface area contributed by atoms with Crippen molar-refractivity contribution >= 4 is 39.8 Å². The van der Waals surface area contributed by atoms with Crippen molar-refractivity contribution in [3.05, 3.63) is 65.9 Å². The number of hydrogen-bond acceptors (Lipinski definition) is 8. The van der Waals surface area contributed by atoms with E-state index in [0.29, 0.717) is 22.0 Å². The molecule has 0 N–H and O–H groups in total. The number of rotatable bonds is 6. The number of pyridine rings is 1. The Labute approximate surface area is 169 Å². The first-order valence-electron chi connectivity index (χ1n) is 8.37. The number of carbonyl (C=O) groups excluding carboxylic acids is 1. The molecule has 0 saturated carbocycles. The fourth-order valence-electron chi connectivity index (χ4n) is 2.48. The van der Waals surface area contributed by atoms with Gasteiger partial charge in [-0.3, -0.25) is 14.7 Å². The Balaban J connectivity index is 1.45. The molecule has 4 aromatic rings. The molecule has 0 aliphatic rings. The Morgan fingerprint density at radius 1 is 1.14 bits per heavy atom. The summed E-state index contributed by atoms with van der Waals surface area (Å²) in [5.74, 6) is 0.934. The van der Waals surface area contributed by atoms with E-state index in [2.05, 4.69) is 20.2 Å². The molecule has 1 amide bonds. The van der Waals surface area contributed by atoms with E-state index in [1.165, 1.54) is 30.0 Å². The fourth-order valence-corrected chi connectivity index (χ4v) is 4.13. The molecule has 7 nitrogen and oxygen atoms in total. The number of carbonyl (C=O) groups is 1. The summed E-state index contributed by atoms with van der Waals surface area (Å²) in [5.41, 5.74) is 2.46. The van der Waals surface area contributed by atoms with Gasteiger partial charge in [0.2, 0.25) is 11.8 Å². The third-order valence-corrected chi connectivity index (χ3v) is 5.46. The Morgan fingerprint density at radius 3 is 2.68 bits per heavy atom. The normalized spacial score (nSPS) is 10.8. The second-order valence-corrected chi connectivity index (χ2v) is 7.47. The lowest BCUT2D eigenvalue weighted by Crippen LogP contribution is -2.22. The summed E-state index contributed by atoms with van der Waals surface area (Å²) in [7, 11) is 0. The van der Waals surface area contributed by atoms with Gasteiger partial charge in [-0.2, -0.15) is 0 Å². The van der Waals surface area contributed by atoms with E-state index in [9.17, 15) is 4.79 Å². The molecule has 0 radical (unpaired) electrons.